The van der Waals surface area contributed by atoms with E-state index in [1.807, 2.05) is 0 Å². The Hall–Kier alpha value is -1.12. The molecular formula is C13H15BrFN3O2S. The van der Waals surface area contributed by atoms with Crippen molar-refractivity contribution >= 4 is 27.7 Å². The largest absolute Gasteiger partial charge is 0.385 e. The van der Waals surface area contributed by atoms with Gasteiger partial charge in [-0.3, -0.25) is 4.57 Å². The fourth-order valence-electron chi connectivity index (χ4n) is 1.76. The lowest BCUT2D eigenvalue weighted by atomic mass is 10.2. The third-order valence-corrected chi connectivity index (χ3v) is 4.59. The molecule has 0 saturated carbocycles. The van der Waals surface area contributed by atoms with E-state index < -0.39 is 0 Å². The Labute approximate surface area is 134 Å². The van der Waals surface area contributed by atoms with Gasteiger partial charge in [-0.05, 0) is 24.1 Å². The maximum absolute atomic E-state index is 13.0. The minimum Gasteiger partial charge on any atom is -0.385 e. The van der Waals surface area contributed by atoms with Gasteiger partial charge < -0.3 is 4.74 Å². The minimum atomic E-state index is -0.285. The predicted octanol–water partition coefficient (Wildman–Crippen LogP) is 2.80. The van der Waals surface area contributed by atoms with Gasteiger partial charge in [-0.1, -0.05) is 33.8 Å². The van der Waals surface area contributed by atoms with Crippen molar-refractivity contribution in [3.8, 4) is 0 Å². The number of halogens is 2. The topological polar surface area (TPSA) is 59.9 Å². The average Bonchev–Trinajstić information content (AvgIpc) is 2.79. The summed E-state index contributed by atoms with van der Waals surface area (Å²) in [5.41, 5.74) is 0.715. The van der Waals surface area contributed by atoms with Crippen molar-refractivity contribution in [3.63, 3.8) is 0 Å². The number of methoxy groups -OCH3 is 1. The molecule has 0 radical (unpaired) electrons. The van der Waals surface area contributed by atoms with Crippen LogP contribution in [0.2, 0.25) is 0 Å². The van der Waals surface area contributed by atoms with E-state index in [0.717, 1.165) is 12.0 Å². The highest BCUT2D eigenvalue weighted by Crippen LogP contribution is 2.25. The second-order valence-electron chi connectivity index (χ2n) is 4.33. The molecule has 5 nitrogen and oxygen atoms in total. The first-order valence-corrected chi connectivity index (χ1v) is 8.10. The van der Waals surface area contributed by atoms with E-state index in [0.29, 0.717) is 28.5 Å². The zero-order chi connectivity index (χ0) is 15.2. The van der Waals surface area contributed by atoms with Crippen LogP contribution >= 0.6 is 27.7 Å². The zero-order valence-corrected chi connectivity index (χ0v) is 13.8. The summed E-state index contributed by atoms with van der Waals surface area (Å²) in [5, 5.41) is 7.08. The highest BCUT2D eigenvalue weighted by atomic mass is 79.9. The van der Waals surface area contributed by atoms with Gasteiger partial charge in [0, 0.05) is 30.5 Å². The Balaban J connectivity index is 2.04. The first-order valence-electron chi connectivity index (χ1n) is 6.32. The van der Waals surface area contributed by atoms with Crippen molar-refractivity contribution in [1.29, 1.82) is 0 Å². The van der Waals surface area contributed by atoms with E-state index in [2.05, 4.69) is 26.1 Å². The molecule has 0 fully saturated rings. The summed E-state index contributed by atoms with van der Waals surface area (Å²) in [6, 6.07) is 4.55. The minimum absolute atomic E-state index is 0.230. The van der Waals surface area contributed by atoms with Crippen molar-refractivity contribution in [1.82, 2.24) is 14.8 Å². The Morgan fingerprint density at radius 3 is 3.05 bits per heavy atom. The smallest absolute Gasteiger partial charge is 0.343 e. The summed E-state index contributed by atoms with van der Waals surface area (Å²) >= 11 is 4.76. The molecule has 8 heteroatoms. The lowest BCUT2D eigenvalue weighted by molar-refractivity contribution is 0.189. The van der Waals surface area contributed by atoms with Crippen LogP contribution in [0.25, 0.3) is 0 Å². The average molecular weight is 376 g/mol. The van der Waals surface area contributed by atoms with Gasteiger partial charge in [0.05, 0.1) is 0 Å². The van der Waals surface area contributed by atoms with Crippen LogP contribution in [0, 0.1) is 5.82 Å². The van der Waals surface area contributed by atoms with Gasteiger partial charge in [0.15, 0.2) is 5.16 Å². The molecule has 0 spiro atoms. The molecule has 2 rings (SSSR count). The third-order valence-electron chi connectivity index (χ3n) is 2.83. The number of ether oxygens (including phenoxy) is 1. The van der Waals surface area contributed by atoms with Gasteiger partial charge in [-0.2, -0.15) is 0 Å². The Morgan fingerprint density at radius 1 is 1.52 bits per heavy atom. The number of nitrogens with one attached hydrogen (secondary N) is 1. The van der Waals surface area contributed by atoms with E-state index in [4.69, 9.17) is 4.74 Å². The zero-order valence-electron chi connectivity index (χ0n) is 11.4. The van der Waals surface area contributed by atoms with Crippen LogP contribution in [-0.4, -0.2) is 28.5 Å². The summed E-state index contributed by atoms with van der Waals surface area (Å²) in [5.74, 6) is 0.307. The third kappa shape index (κ3) is 4.42. The van der Waals surface area contributed by atoms with Crippen LogP contribution in [0.5, 0.6) is 0 Å². The van der Waals surface area contributed by atoms with Crippen molar-refractivity contribution in [2.45, 2.75) is 23.9 Å². The number of nitrogens with zero attached hydrogens (tertiary/aromatic N) is 2. The standard InChI is InChI=1S/C13H15BrFN3O2S/c1-20-6-2-5-18-12(19)16-17-13(18)21-8-9-3-4-10(15)7-11(9)14/h3-4,7H,2,5-6,8H2,1H3,(H,16,19). The first kappa shape index (κ1) is 16.3. The predicted molar refractivity (Wildman–Crippen MR) is 83.0 cm³/mol. The molecule has 0 bridgehead atoms. The highest BCUT2D eigenvalue weighted by molar-refractivity contribution is 9.10. The molecule has 0 aliphatic rings. The van der Waals surface area contributed by atoms with Crippen LogP contribution in [0.15, 0.2) is 32.6 Å². The maximum Gasteiger partial charge on any atom is 0.343 e. The number of hydrogen-bond acceptors (Lipinski definition) is 4. The van der Waals surface area contributed by atoms with Crippen molar-refractivity contribution in [2.24, 2.45) is 0 Å². The Bertz CT molecular complexity index is 659. The summed E-state index contributed by atoms with van der Waals surface area (Å²) in [4.78, 5) is 11.7. The molecule has 2 aromatic rings. The number of aromatic nitrogens is 3. The lowest BCUT2D eigenvalue weighted by Crippen LogP contribution is -2.18. The molecule has 1 aromatic carbocycles. The van der Waals surface area contributed by atoms with E-state index in [1.54, 1.807) is 17.7 Å². The quantitative estimate of drug-likeness (QED) is 0.597. The Morgan fingerprint density at radius 2 is 2.33 bits per heavy atom. The van der Waals surface area contributed by atoms with Gasteiger partial charge in [0.1, 0.15) is 5.82 Å². The lowest BCUT2D eigenvalue weighted by Gasteiger charge is -2.06. The molecule has 1 N–H and O–H groups in total. The molecule has 1 heterocycles. The summed E-state index contributed by atoms with van der Waals surface area (Å²) in [6.07, 6.45) is 0.740. The molecule has 0 aliphatic heterocycles. The highest BCUT2D eigenvalue weighted by Gasteiger charge is 2.10. The number of aromatic amines is 1. The number of thioether (sulfide) groups is 1. The van der Waals surface area contributed by atoms with E-state index in [9.17, 15) is 9.18 Å². The van der Waals surface area contributed by atoms with Gasteiger partial charge in [-0.15, -0.1) is 5.10 Å². The summed E-state index contributed by atoms with van der Waals surface area (Å²) < 4.78 is 20.3. The van der Waals surface area contributed by atoms with Crippen molar-refractivity contribution in [2.75, 3.05) is 13.7 Å². The van der Waals surface area contributed by atoms with Gasteiger partial charge >= 0.3 is 5.69 Å². The SMILES string of the molecule is COCCCn1c(SCc2ccc(F)cc2Br)n[nH]c1=O. The van der Waals surface area contributed by atoms with Crippen LogP contribution in [0.4, 0.5) is 4.39 Å². The van der Waals surface area contributed by atoms with Crippen LogP contribution in [0.3, 0.4) is 0 Å². The summed E-state index contributed by atoms with van der Waals surface area (Å²) in [7, 11) is 1.62. The Kier molecular flexibility index (Phi) is 6.01. The number of H-pyrrole nitrogens is 1. The molecule has 0 atom stereocenters. The maximum atomic E-state index is 13.0. The second-order valence-corrected chi connectivity index (χ2v) is 6.13. The number of hydrogen-bond donors (Lipinski definition) is 1. The van der Waals surface area contributed by atoms with Crippen molar-refractivity contribution in [3.05, 3.63) is 44.5 Å². The van der Waals surface area contributed by atoms with Crippen LogP contribution < -0.4 is 5.69 Å². The van der Waals surface area contributed by atoms with Gasteiger partial charge in [0.2, 0.25) is 0 Å². The number of benzene rings is 1. The fourth-order valence-corrected chi connectivity index (χ4v) is 3.41. The normalized spacial score (nSPS) is 11.0. The second kappa shape index (κ2) is 7.77. The molecule has 21 heavy (non-hydrogen) atoms. The molecule has 0 saturated heterocycles. The molecule has 0 aliphatic carbocycles. The van der Waals surface area contributed by atoms with Crippen LogP contribution in [-0.2, 0) is 17.0 Å². The van der Waals surface area contributed by atoms with Gasteiger partial charge in [-0.25, -0.2) is 14.3 Å². The van der Waals surface area contributed by atoms with Crippen LogP contribution in [0.1, 0.15) is 12.0 Å². The first-order chi connectivity index (χ1) is 10.1. The molecule has 114 valence electrons. The molecule has 0 unspecified atom stereocenters. The van der Waals surface area contributed by atoms with Crippen molar-refractivity contribution < 1.29 is 9.13 Å². The van der Waals surface area contributed by atoms with E-state index >= 15 is 0 Å². The molecule has 1 aromatic heterocycles. The summed E-state index contributed by atoms with van der Waals surface area (Å²) in [6.45, 7) is 1.14. The fraction of sp³-hybridized carbons (Fsp3) is 0.385. The number of rotatable bonds is 7. The molecular weight excluding hydrogens is 361 g/mol. The van der Waals surface area contributed by atoms with E-state index in [-0.39, 0.29) is 11.5 Å². The van der Waals surface area contributed by atoms with E-state index in [1.165, 1.54) is 23.9 Å². The van der Waals surface area contributed by atoms with Gasteiger partial charge in [0.25, 0.3) is 0 Å². The monoisotopic (exact) mass is 375 g/mol. The molecule has 0 amide bonds.